The van der Waals surface area contributed by atoms with Crippen LogP contribution in [0.4, 0.5) is 5.69 Å². The van der Waals surface area contributed by atoms with Crippen LogP contribution in [0.25, 0.3) is 0 Å². The van der Waals surface area contributed by atoms with E-state index in [1.807, 2.05) is 80.6 Å². The first-order valence-corrected chi connectivity index (χ1v) is 18.0. The molecule has 0 aliphatic heterocycles. The lowest BCUT2D eigenvalue weighted by atomic mass is 9.94. The molecule has 0 spiro atoms. The van der Waals surface area contributed by atoms with Gasteiger partial charge in [0.2, 0.25) is 11.8 Å². The van der Waals surface area contributed by atoms with Crippen LogP contribution in [-0.4, -0.2) is 43.8 Å². The Hall–Kier alpha value is -4.14. The van der Waals surface area contributed by atoms with Gasteiger partial charge < -0.3 is 10.2 Å². The van der Waals surface area contributed by atoms with Crippen molar-refractivity contribution >= 4 is 39.1 Å². The van der Waals surface area contributed by atoms with Gasteiger partial charge in [0.15, 0.2) is 0 Å². The number of nitrogens with zero attached hydrogens (tertiary/aromatic N) is 2. The Morgan fingerprint density at radius 2 is 1.43 bits per heavy atom. The highest BCUT2D eigenvalue weighted by Gasteiger charge is 2.36. The second kappa shape index (κ2) is 15.6. The molecule has 1 saturated carbocycles. The number of nitrogens with one attached hydrogen (secondary N) is 1. The number of anilines is 1. The van der Waals surface area contributed by atoms with E-state index in [0.29, 0.717) is 16.3 Å². The summed E-state index contributed by atoms with van der Waals surface area (Å²) in [7, 11) is -4.20. The average molecular weight is 672 g/mol. The first kappa shape index (κ1) is 34.2. The van der Waals surface area contributed by atoms with Crippen LogP contribution in [0, 0.1) is 13.8 Å². The predicted octanol–water partition coefficient (Wildman–Crippen LogP) is 7.24. The molecule has 1 unspecified atom stereocenters. The van der Waals surface area contributed by atoms with Crippen LogP contribution in [0.15, 0.2) is 108 Å². The van der Waals surface area contributed by atoms with Gasteiger partial charge in [-0.1, -0.05) is 104 Å². The van der Waals surface area contributed by atoms with Crippen molar-refractivity contribution in [3.8, 4) is 0 Å². The molecule has 1 fully saturated rings. The minimum absolute atomic E-state index is 0.0132. The van der Waals surface area contributed by atoms with Crippen LogP contribution in [0.1, 0.15) is 54.4 Å². The number of aryl methyl sites for hydroxylation is 2. The highest BCUT2D eigenvalue weighted by atomic mass is 35.5. The van der Waals surface area contributed by atoms with Crippen LogP contribution in [0.5, 0.6) is 0 Å². The molecule has 1 aliphatic carbocycles. The number of carbonyl (C=O) groups excluding carboxylic acids is 2. The summed E-state index contributed by atoms with van der Waals surface area (Å²) in [6.07, 6.45) is 5.33. The van der Waals surface area contributed by atoms with Gasteiger partial charge in [-0.2, -0.15) is 0 Å². The SMILES string of the molecule is Cc1ccccc1CN(C(=O)CN(c1ccccc1C)S(=O)(=O)c1ccc(Cl)cc1)C(Cc1ccccc1)C(=O)NC1CCCCC1. The zero-order chi connectivity index (χ0) is 33.4. The normalized spacial score (nSPS) is 14.3. The largest absolute Gasteiger partial charge is 0.352 e. The molecule has 0 aromatic heterocycles. The lowest BCUT2D eigenvalue weighted by Gasteiger charge is -2.35. The molecule has 9 heteroatoms. The van der Waals surface area contributed by atoms with Crippen molar-refractivity contribution in [2.24, 2.45) is 0 Å². The maximum atomic E-state index is 14.7. The summed E-state index contributed by atoms with van der Waals surface area (Å²) in [5, 5.41) is 3.66. The highest BCUT2D eigenvalue weighted by Crippen LogP contribution is 2.29. The van der Waals surface area contributed by atoms with E-state index in [1.165, 1.54) is 24.3 Å². The van der Waals surface area contributed by atoms with Crippen LogP contribution >= 0.6 is 11.6 Å². The van der Waals surface area contributed by atoms with E-state index in [9.17, 15) is 18.0 Å². The molecule has 0 saturated heterocycles. The van der Waals surface area contributed by atoms with Crippen LogP contribution in [0.3, 0.4) is 0 Å². The molecule has 1 N–H and O–H groups in total. The number of sulfonamides is 1. The Balaban J connectivity index is 1.58. The predicted molar refractivity (Wildman–Crippen MR) is 188 cm³/mol. The number of halogens is 1. The van der Waals surface area contributed by atoms with E-state index >= 15 is 0 Å². The van der Waals surface area contributed by atoms with Crippen molar-refractivity contribution in [2.75, 3.05) is 10.8 Å². The van der Waals surface area contributed by atoms with E-state index in [4.69, 9.17) is 11.6 Å². The summed E-state index contributed by atoms with van der Waals surface area (Å²) >= 11 is 6.09. The standard InChI is InChI=1S/C38H42ClN3O4S/c1-28-13-9-11-17-31(28)26-41(36(25-30-15-5-3-6-16-30)38(44)40-33-18-7-4-8-19-33)37(43)27-42(35-20-12-10-14-29(35)2)47(45,46)34-23-21-32(39)22-24-34/h3,5-6,9-17,20-24,33,36H,4,7-8,18-19,25-27H2,1-2H3,(H,40,44). The Morgan fingerprint density at radius 3 is 2.09 bits per heavy atom. The monoisotopic (exact) mass is 671 g/mol. The minimum atomic E-state index is -4.20. The number of carbonyl (C=O) groups is 2. The van der Waals surface area contributed by atoms with E-state index < -0.39 is 28.5 Å². The number of benzene rings is 4. The first-order valence-electron chi connectivity index (χ1n) is 16.2. The fourth-order valence-electron chi connectivity index (χ4n) is 6.16. The molecule has 0 heterocycles. The van der Waals surface area contributed by atoms with Gasteiger partial charge in [-0.25, -0.2) is 8.42 Å². The summed E-state index contributed by atoms with van der Waals surface area (Å²) in [6, 6.07) is 29.5. The van der Waals surface area contributed by atoms with Crippen LogP contribution in [0.2, 0.25) is 5.02 Å². The number of para-hydroxylation sites is 1. The maximum Gasteiger partial charge on any atom is 0.264 e. The van der Waals surface area contributed by atoms with Gasteiger partial charge in [-0.15, -0.1) is 0 Å². The second-order valence-electron chi connectivity index (χ2n) is 12.2. The molecule has 0 radical (unpaired) electrons. The van der Waals surface area contributed by atoms with E-state index in [0.717, 1.165) is 53.1 Å². The third kappa shape index (κ3) is 8.62. The molecule has 4 aromatic carbocycles. The van der Waals surface area contributed by atoms with Crippen LogP contribution in [-0.2, 0) is 32.6 Å². The zero-order valence-corrected chi connectivity index (χ0v) is 28.5. The molecule has 47 heavy (non-hydrogen) atoms. The van der Waals surface area contributed by atoms with Gasteiger partial charge in [0, 0.05) is 24.0 Å². The van der Waals surface area contributed by atoms with Crippen molar-refractivity contribution in [3.63, 3.8) is 0 Å². The fourth-order valence-corrected chi connectivity index (χ4v) is 7.76. The molecule has 4 aromatic rings. The molecule has 1 atom stereocenters. The first-order chi connectivity index (χ1) is 22.6. The summed E-state index contributed by atoms with van der Waals surface area (Å²) in [5.74, 6) is -0.709. The molecular formula is C38H42ClN3O4S. The molecule has 7 nitrogen and oxygen atoms in total. The lowest BCUT2D eigenvalue weighted by molar-refractivity contribution is -0.140. The van der Waals surface area contributed by atoms with Crippen LogP contribution < -0.4 is 9.62 Å². The number of hydrogen-bond donors (Lipinski definition) is 1. The minimum Gasteiger partial charge on any atom is -0.352 e. The molecule has 2 amide bonds. The molecule has 246 valence electrons. The summed E-state index contributed by atoms with van der Waals surface area (Å²) < 4.78 is 29.7. The summed E-state index contributed by atoms with van der Waals surface area (Å²) in [6.45, 7) is 3.43. The lowest BCUT2D eigenvalue weighted by Crippen LogP contribution is -2.55. The summed E-state index contributed by atoms with van der Waals surface area (Å²) in [4.78, 5) is 30.6. The Morgan fingerprint density at radius 1 is 0.809 bits per heavy atom. The third-order valence-electron chi connectivity index (χ3n) is 8.89. The van der Waals surface area contributed by atoms with Gasteiger partial charge in [-0.3, -0.25) is 13.9 Å². The van der Waals surface area contributed by atoms with Crippen molar-refractivity contribution in [1.29, 1.82) is 0 Å². The van der Waals surface area contributed by atoms with Crippen molar-refractivity contribution in [1.82, 2.24) is 10.2 Å². The molecule has 0 bridgehead atoms. The Kier molecular flexibility index (Phi) is 11.4. The molecule has 5 rings (SSSR count). The van der Waals surface area contributed by atoms with Gasteiger partial charge >= 0.3 is 0 Å². The zero-order valence-electron chi connectivity index (χ0n) is 26.9. The smallest absolute Gasteiger partial charge is 0.264 e. The highest BCUT2D eigenvalue weighted by molar-refractivity contribution is 7.92. The van der Waals surface area contributed by atoms with Gasteiger partial charge in [0.05, 0.1) is 10.6 Å². The van der Waals surface area contributed by atoms with Gasteiger partial charge in [0.1, 0.15) is 12.6 Å². The van der Waals surface area contributed by atoms with E-state index in [2.05, 4.69) is 5.32 Å². The average Bonchev–Trinajstić information content (AvgIpc) is 3.07. The Labute approximate surface area is 283 Å². The number of hydrogen-bond acceptors (Lipinski definition) is 4. The maximum absolute atomic E-state index is 14.7. The third-order valence-corrected chi connectivity index (χ3v) is 10.9. The van der Waals surface area contributed by atoms with E-state index in [-0.39, 0.29) is 29.8 Å². The number of amides is 2. The fraction of sp³-hybridized carbons (Fsp3) is 0.316. The second-order valence-corrected chi connectivity index (χ2v) is 14.5. The molecule has 1 aliphatic rings. The molecular weight excluding hydrogens is 630 g/mol. The van der Waals surface area contributed by atoms with Gasteiger partial charge in [-0.05, 0) is 79.3 Å². The number of rotatable bonds is 12. The quantitative estimate of drug-likeness (QED) is 0.172. The Bertz CT molecular complexity index is 1770. The van der Waals surface area contributed by atoms with E-state index in [1.54, 1.807) is 17.0 Å². The van der Waals surface area contributed by atoms with Crippen molar-refractivity contribution in [2.45, 2.75) is 75.9 Å². The topological polar surface area (TPSA) is 86.8 Å². The van der Waals surface area contributed by atoms with Crippen molar-refractivity contribution < 1.29 is 18.0 Å². The van der Waals surface area contributed by atoms with Crippen molar-refractivity contribution in [3.05, 3.63) is 130 Å². The summed E-state index contributed by atoms with van der Waals surface area (Å²) in [5.41, 5.74) is 3.84. The van der Waals surface area contributed by atoms with Gasteiger partial charge in [0.25, 0.3) is 10.0 Å².